The fraction of sp³-hybridized carbons (Fsp3) is 0.368. The van der Waals surface area contributed by atoms with Crippen molar-refractivity contribution in [3.8, 4) is 0 Å². The fourth-order valence-electron chi connectivity index (χ4n) is 2.87. The molecule has 0 unspecified atom stereocenters. The molecule has 3 rings (SSSR count). The maximum atomic E-state index is 12.3. The highest BCUT2D eigenvalue weighted by atomic mass is 79.9. The topological polar surface area (TPSA) is 58.6 Å². The summed E-state index contributed by atoms with van der Waals surface area (Å²) in [5, 5.41) is 0. The standard InChI is InChI=1S/C19H23BrN2O3S/c20-19-3-1-2-18(12-19)15-26(23,24)21-13-16-4-6-17(7-5-16)14-22-8-10-25-11-9-22/h1-7,12,21H,8-11,13-15H2. The Morgan fingerprint density at radius 2 is 1.69 bits per heavy atom. The van der Waals surface area contributed by atoms with Crippen LogP contribution in [0.1, 0.15) is 16.7 Å². The van der Waals surface area contributed by atoms with Gasteiger partial charge in [0.1, 0.15) is 0 Å². The molecule has 5 nitrogen and oxygen atoms in total. The summed E-state index contributed by atoms with van der Waals surface area (Å²) in [6, 6.07) is 15.4. The van der Waals surface area contributed by atoms with E-state index in [0.717, 1.165) is 48.4 Å². The predicted octanol–water partition coefficient (Wildman–Crippen LogP) is 2.90. The molecule has 140 valence electrons. The Morgan fingerprint density at radius 1 is 1.00 bits per heavy atom. The molecule has 0 saturated carbocycles. The number of ether oxygens (including phenoxy) is 1. The van der Waals surface area contributed by atoms with Gasteiger partial charge in [0.2, 0.25) is 10.0 Å². The summed E-state index contributed by atoms with van der Waals surface area (Å²) in [7, 11) is -3.38. The van der Waals surface area contributed by atoms with Gasteiger partial charge < -0.3 is 4.74 Å². The van der Waals surface area contributed by atoms with Crippen LogP contribution >= 0.6 is 15.9 Å². The van der Waals surface area contributed by atoms with Crippen molar-refractivity contribution in [3.05, 3.63) is 69.7 Å². The number of sulfonamides is 1. The lowest BCUT2D eigenvalue weighted by Gasteiger charge is -2.26. The summed E-state index contributed by atoms with van der Waals surface area (Å²) in [4.78, 5) is 2.36. The first-order valence-corrected chi connectivity index (χ1v) is 11.0. The van der Waals surface area contributed by atoms with Gasteiger partial charge in [-0.2, -0.15) is 0 Å². The monoisotopic (exact) mass is 438 g/mol. The van der Waals surface area contributed by atoms with Gasteiger partial charge in [-0.05, 0) is 28.8 Å². The normalized spacial score (nSPS) is 15.9. The minimum absolute atomic E-state index is 0.0262. The molecule has 1 fully saturated rings. The van der Waals surface area contributed by atoms with E-state index >= 15 is 0 Å². The van der Waals surface area contributed by atoms with Gasteiger partial charge in [-0.15, -0.1) is 0 Å². The summed E-state index contributed by atoms with van der Waals surface area (Å²) in [5.41, 5.74) is 2.94. The van der Waals surface area contributed by atoms with Crippen LogP contribution in [0.5, 0.6) is 0 Å². The molecule has 1 aliphatic heterocycles. The highest BCUT2D eigenvalue weighted by molar-refractivity contribution is 9.10. The highest BCUT2D eigenvalue weighted by Crippen LogP contribution is 2.14. The van der Waals surface area contributed by atoms with Crippen LogP contribution in [0.2, 0.25) is 0 Å². The molecule has 2 aromatic rings. The van der Waals surface area contributed by atoms with Crippen LogP contribution in [-0.4, -0.2) is 39.6 Å². The van der Waals surface area contributed by atoms with Crippen LogP contribution < -0.4 is 4.72 Å². The third-order valence-corrected chi connectivity index (χ3v) is 6.07. The van der Waals surface area contributed by atoms with Gasteiger partial charge in [-0.25, -0.2) is 13.1 Å². The minimum Gasteiger partial charge on any atom is -0.379 e. The molecule has 0 bridgehead atoms. The second kappa shape index (κ2) is 9.10. The third kappa shape index (κ3) is 6.17. The third-order valence-electron chi connectivity index (χ3n) is 4.27. The Morgan fingerprint density at radius 3 is 2.38 bits per heavy atom. The predicted molar refractivity (Wildman–Crippen MR) is 106 cm³/mol. The Hall–Kier alpha value is -1.25. The van der Waals surface area contributed by atoms with Gasteiger partial charge in [0.25, 0.3) is 0 Å². The number of rotatable bonds is 7. The van der Waals surface area contributed by atoms with Crippen LogP contribution in [0.3, 0.4) is 0 Å². The number of halogens is 1. The summed E-state index contributed by atoms with van der Waals surface area (Å²) < 4.78 is 33.4. The molecule has 0 radical (unpaired) electrons. The SMILES string of the molecule is O=S(=O)(Cc1cccc(Br)c1)NCc1ccc(CN2CCOCC2)cc1. The van der Waals surface area contributed by atoms with Gasteiger partial charge in [0, 0.05) is 30.7 Å². The van der Waals surface area contributed by atoms with Crippen molar-refractivity contribution < 1.29 is 13.2 Å². The van der Waals surface area contributed by atoms with Crippen molar-refractivity contribution in [3.63, 3.8) is 0 Å². The average molecular weight is 439 g/mol. The molecular weight excluding hydrogens is 416 g/mol. The van der Waals surface area contributed by atoms with Crippen LogP contribution in [0.15, 0.2) is 53.0 Å². The molecule has 1 heterocycles. The molecule has 0 atom stereocenters. The van der Waals surface area contributed by atoms with E-state index in [1.807, 2.05) is 36.4 Å². The smallest absolute Gasteiger partial charge is 0.216 e. The molecule has 1 aliphatic rings. The number of hydrogen-bond acceptors (Lipinski definition) is 4. The van der Waals surface area contributed by atoms with E-state index < -0.39 is 10.0 Å². The summed E-state index contributed by atoms with van der Waals surface area (Å²) in [6.07, 6.45) is 0. The Kier molecular flexibility index (Phi) is 6.83. The van der Waals surface area contributed by atoms with E-state index in [9.17, 15) is 8.42 Å². The molecule has 1 N–H and O–H groups in total. The zero-order valence-electron chi connectivity index (χ0n) is 14.5. The fourth-order valence-corrected chi connectivity index (χ4v) is 4.42. The summed E-state index contributed by atoms with van der Waals surface area (Å²) >= 11 is 3.36. The van der Waals surface area contributed by atoms with Crippen LogP contribution in [0, 0.1) is 0 Å². The van der Waals surface area contributed by atoms with Gasteiger partial charge in [-0.1, -0.05) is 52.3 Å². The first-order chi connectivity index (χ1) is 12.5. The molecule has 26 heavy (non-hydrogen) atoms. The number of hydrogen-bond donors (Lipinski definition) is 1. The summed E-state index contributed by atoms with van der Waals surface area (Å²) in [5.74, 6) is -0.0262. The van der Waals surface area contributed by atoms with Crippen molar-refractivity contribution >= 4 is 26.0 Å². The quantitative estimate of drug-likeness (QED) is 0.721. The second-order valence-electron chi connectivity index (χ2n) is 6.42. The lowest BCUT2D eigenvalue weighted by atomic mass is 10.1. The first kappa shape index (κ1) is 19.5. The Labute approximate surface area is 163 Å². The Bertz CT molecular complexity index is 819. The van der Waals surface area contributed by atoms with E-state index in [1.165, 1.54) is 5.56 Å². The molecule has 0 spiro atoms. The summed E-state index contributed by atoms with van der Waals surface area (Å²) in [6.45, 7) is 4.69. The van der Waals surface area contributed by atoms with Crippen LogP contribution in [0.4, 0.5) is 0 Å². The Balaban J connectivity index is 1.52. The van der Waals surface area contributed by atoms with E-state index in [1.54, 1.807) is 0 Å². The first-order valence-electron chi connectivity index (χ1n) is 8.60. The van der Waals surface area contributed by atoms with Gasteiger partial charge in [-0.3, -0.25) is 4.90 Å². The van der Waals surface area contributed by atoms with Crippen LogP contribution in [-0.2, 0) is 33.6 Å². The molecule has 0 amide bonds. The molecule has 1 saturated heterocycles. The van der Waals surface area contributed by atoms with E-state index in [2.05, 4.69) is 37.7 Å². The van der Waals surface area contributed by atoms with Crippen molar-refractivity contribution in [1.29, 1.82) is 0 Å². The lowest BCUT2D eigenvalue weighted by Crippen LogP contribution is -2.35. The zero-order chi connectivity index (χ0) is 18.4. The minimum atomic E-state index is -3.38. The molecular formula is C19H23BrN2O3S. The molecule has 0 aliphatic carbocycles. The molecule has 2 aromatic carbocycles. The zero-order valence-corrected chi connectivity index (χ0v) is 16.9. The second-order valence-corrected chi connectivity index (χ2v) is 9.14. The lowest BCUT2D eigenvalue weighted by molar-refractivity contribution is 0.0342. The van der Waals surface area contributed by atoms with E-state index in [0.29, 0.717) is 6.54 Å². The molecule has 0 aromatic heterocycles. The van der Waals surface area contributed by atoms with Crippen molar-refractivity contribution in [2.24, 2.45) is 0 Å². The number of nitrogens with one attached hydrogen (secondary N) is 1. The highest BCUT2D eigenvalue weighted by Gasteiger charge is 2.13. The maximum Gasteiger partial charge on any atom is 0.216 e. The largest absolute Gasteiger partial charge is 0.379 e. The number of morpholine rings is 1. The number of benzene rings is 2. The van der Waals surface area contributed by atoms with E-state index in [-0.39, 0.29) is 5.75 Å². The number of nitrogens with zero attached hydrogens (tertiary/aromatic N) is 1. The van der Waals surface area contributed by atoms with Gasteiger partial charge >= 0.3 is 0 Å². The van der Waals surface area contributed by atoms with E-state index in [4.69, 9.17) is 4.74 Å². The maximum absolute atomic E-state index is 12.3. The van der Waals surface area contributed by atoms with Crippen molar-refractivity contribution in [2.45, 2.75) is 18.8 Å². The molecule has 7 heteroatoms. The average Bonchev–Trinajstić information content (AvgIpc) is 2.62. The van der Waals surface area contributed by atoms with Gasteiger partial charge in [0.05, 0.1) is 19.0 Å². The van der Waals surface area contributed by atoms with Crippen molar-refractivity contribution in [2.75, 3.05) is 26.3 Å². The van der Waals surface area contributed by atoms with Crippen LogP contribution in [0.25, 0.3) is 0 Å². The van der Waals surface area contributed by atoms with Crippen molar-refractivity contribution in [1.82, 2.24) is 9.62 Å². The van der Waals surface area contributed by atoms with Gasteiger partial charge in [0.15, 0.2) is 0 Å².